The highest BCUT2D eigenvalue weighted by molar-refractivity contribution is 6.02. The highest BCUT2D eigenvalue weighted by atomic mass is 16.5. The molecule has 0 unspecified atom stereocenters. The minimum Gasteiger partial charge on any atom is -0.378 e. The molecule has 2 aromatic heterocycles. The number of nitrogens with zero attached hydrogens (tertiary/aromatic N) is 4. The summed E-state index contributed by atoms with van der Waals surface area (Å²) in [6.45, 7) is 8.72. The quantitative estimate of drug-likeness (QED) is 0.920. The van der Waals surface area contributed by atoms with E-state index in [1.165, 1.54) is 0 Å². The lowest BCUT2D eigenvalue weighted by atomic mass is 10.1. The predicted molar refractivity (Wildman–Crippen MR) is 96.1 cm³/mol. The predicted octanol–water partition coefficient (Wildman–Crippen LogP) is 2.39. The van der Waals surface area contributed by atoms with Gasteiger partial charge in [-0.15, -0.1) is 0 Å². The smallest absolute Gasteiger partial charge is 0.275 e. The van der Waals surface area contributed by atoms with Crippen molar-refractivity contribution in [2.24, 2.45) is 0 Å². The molecule has 0 saturated carbocycles. The summed E-state index contributed by atoms with van der Waals surface area (Å²) in [5.41, 5.74) is 2.04. The molecule has 1 fully saturated rings. The monoisotopic (exact) mass is 341 g/mol. The number of aryl methyl sites for hydroxylation is 1. The third kappa shape index (κ3) is 4.30. The number of rotatable bonds is 4. The van der Waals surface area contributed by atoms with E-state index in [9.17, 15) is 4.79 Å². The fourth-order valence-corrected chi connectivity index (χ4v) is 2.56. The van der Waals surface area contributed by atoms with E-state index >= 15 is 0 Å². The van der Waals surface area contributed by atoms with Gasteiger partial charge in [0.1, 0.15) is 11.5 Å². The van der Waals surface area contributed by atoms with Gasteiger partial charge < -0.3 is 15.0 Å². The second-order valence-corrected chi connectivity index (χ2v) is 6.35. The average Bonchev–Trinajstić information content (AvgIpc) is 2.62. The van der Waals surface area contributed by atoms with Crippen LogP contribution in [0.2, 0.25) is 0 Å². The van der Waals surface area contributed by atoms with E-state index in [2.05, 4.69) is 39.0 Å². The third-order valence-electron chi connectivity index (χ3n) is 3.98. The summed E-state index contributed by atoms with van der Waals surface area (Å²) in [5.74, 6) is 1.02. The third-order valence-corrected chi connectivity index (χ3v) is 3.98. The van der Waals surface area contributed by atoms with Gasteiger partial charge in [0.15, 0.2) is 0 Å². The summed E-state index contributed by atoms with van der Waals surface area (Å²) in [4.78, 5) is 28.1. The van der Waals surface area contributed by atoms with Gasteiger partial charge >= 0.3 is 0 Å². The second-order valence-electron chi connectivity index (χ2n) is 6.35. The van der Waals surface area contributed by atoms with Crippen LogP contribution in [0, 0.1) is 6.92 Å². The van der Waals surface area contributed by atoms with Crippen LogP contribution in [0.1, 0.15) is 41.6 Å². The van der Waals surface area contributed by atoms with Crippen molar-refractivity contribution in [3.63, 3.8) is 0 Å². The maximum Gasteiger partial charge on any atom is 0.275 e. The van der Waals surface area contributed by atoms with E-state index < -0.39 is 0 Å². The van der Waals surface area contributed by atoms with Crippen LogP contribution in [0.25, 0.3) is 0 Å². The molecule has 2 aromatic rings. The molecular weight excluding hydrogens is 318 g/mol. The van der Waals surface area contributed by atoms with Gasteiger partial charge in [0, 0.05) is 24.5 Å². The number of morpholine rings is 1. The summed E-state index contributed by atoms with van der Waals surface area (Å²) >= 11 is 0. The van der Waals surface area contributed by atoms with Crippen molar-refractivity contribution in [2.45, 2.75) is 26.7 Å². The van der Waals surface area contributed by atoms with Crippen molar-refractivity contribution in [3.8, 4) is 0 Å². The zero-order chi connectivity index (χ0) is 17.8. The number of aromatic nitrogens is 3. The molecule has 0 bridgehead atoms. The number of amides is 1. The van der Waals surface area contributed by atoms with Gasteiger partial charge in [-0.05, 0) is 31.0 Å². The first-order valence-corrected chi connectivity index (χ1v) is 8.49. The number of hydrogen-bond donors (Lipinski definition) is 1. The number of carbonyl (C=O) groups is 1. The van der Waals surface area contributed by atoms with E-state index in [0.717, 1.165) is 24.5 Å². The zero-order valence-corrected chi connectivity index (χ0v) is 14.8. The Morgan fingerprint density at radius 2 is 1.96 bits per heavy atom. The van der Waals surface area contributed by atoms with Crippen LogP contribution in [-0.2, 0) is 4.74 Å². The lowest BCUT2D eigenvalue weighted by Crippen LogP contribution is -2.38. The van der Waals surface area contributed by atoms with Crippen molar-refractivity contribution < 1.29 is 9.53 Å². The lowest BCUT2D eigenvalue weighted by molar-refractivity contribution is 0.102. The molecular formula is C18H23N5O2. The Kier molecular flexibility index (Phi) is 5.23. The molecule has 7 nitrogen and oxygen atoms in total. The molecule has 7 heteroatoms. The Labute approximate surface area is 147 Å². The molecule has 1 saturated heterocycles. The van der Waals surface area contributed by atoms with Crippen molar-refractivity contribution in [2.75, 3.05) is 36.5 Å². The van der Waals surface area contributed by atoms with Gasteiger partial charge in [0.25, 0.3) is 5.91 Å². The molecule has 1 N–H and O–H groups in total. The van der Waals surface area contributed by atoms with Crippen LogP contribution >= 0.6 is 0 Å². The fourth-order valence-electron chi connectivity index (χ4n) is 2.56. The maximum absolute atomic E-state index is 12.7. The maximum atomic E-state index is 12.7. The number of carbonyl (C=O) groups excluding carboxylic acids is 1. The summed E-state index contributed by atoms with van der Waals surface area (Å²) in [7, 11) is 0. The molecule has 0 spiro atoms. The largest absolute Gasteiger partial charge is 0.378 e. The molecule has 1 aliphatic heterocycles. The summed E-state index contributed by atoms with van der Waals surface area (Å²) in [5, 5.41) is 2.81. The molecule has 1 amide bonds. The van der Waals surface area contributed by atoms with Gasteiger partial charge in [0.2, 0.25) is 5.95 Å². The van der Waals surface area contributed by atoms with Gasteiger partial charge in [-0.25, -0.2) is 15.0 Å². The van der Waals surface area contributed by atoms with Crippen LogP contribution < -0.4 is 10.2 Å². The van der Waals surface area contributed by atoms with Crippen LogP contribution in [-0.4, -0.2) is 47.2 Å². The number of pyridine rings is 1. The highest BCUT2D eigenvalue weighted by Crippen LogP contribution is 2.19. The Morgan fingerprint density at radius 1 is 1.20 bits per heavy atom. The van der Waals surface area contributed by atoms with Crippen LogP contribution in [0.5, 0.6) is 0 Å². The summed E-state index contributed by atoms with van der Waals surface area (Å²) in [6.07, 6.45) is 0. The molecule has 3 heterocycles. The summed E-state index contributed by atoms with van der Waals surface area (Å²) in [6, 6.07) is 7.25. The molecule has 3 rings (SSSR count). The van der Waals surface area contributed by atoms with Crippen LogP contribution in [0.4, 0.5) is 11.8 Å². The van der Waals surface area contributed by atoms with E-state index in [1.807, 2.05) is 19.1 Å². The van der Waals surface area contributed by atoms with E-state index in [-0.39, 0.29) is 11.8 Å². The Morgan fingerprint density at radius 3 is 2.64 bits per heavy atom. The molecule has 0 aliphatic carbocycles. The van der Waals surface area contributed by atoms with Crippen molar-refractivity contribution in [1.29, 1.82) is 0 Å². The standard InChI is InChI=1S/C18H23N5O2/c1-12(2)14-11-15(17(24)22-16-6-4-5-13(3)19-16)21-18(20-14)23-7-9-25-10-8-23/h4-6,11-12H,7-10H2,1-3H3,(H,19,22,24). The van der Waals surface area contributed by atoms with Gasteiger partial charge in [-0.2, -0.15) is 0 Å². The van der Waals surface area contributed by atoms with Crippen molar-refractivity contribution in [1.82, 2.24) is 15.0 Å². The molecule has 132 valence electrons. The lowest BCUT2D eigenvalue weighted by Gasteiger charge is -2.27. The fraction of sp³-hybridized carbons (Fsp3) is 0.444. The average molecular weight is 341 g/mol. The zero-order valence-electron chi connectivity index (χ0n) is 14.8. The first kappa shape index (κ1) is 17.3. The van der Waals surface area contributed by atoms with E-state index in [1.54, 1.807) is 12.1 Å². The first-order chi connectivity index (χ1) is 12.0. The van der Waals surface area contributed by atoms with Gasteiger partial charge in [0.05, 0.1) is 13.2 Å². The topological polar surface area (TPSA) is 80.2 Å². The molecule has 1 aliphatic rings. The van der Waals surface area contributed by atoms with Gasteiger partial charge in [-0.3, -0.25) is 4.79 Å². The van der Waals surface area contributed by atoms with E-state index in [0.29, 0.717) is 30.7 Å². The molecule has 0 radical (unpaired) electrons. The first-order valence-electron chi connectivity index (χ1n) is 8.49. The van der Waals surface area contributed by atoms with Gasteiger partial charge in [-0.1, -0.05) is 19.9 Å². The van der Waals surface area contributed by atoms with Crippen molar-refractivity contribution >= 4 is 17.7 Å². The molecule has 25 heavy (non-hydrogen) atoms. The second kappa shape index (κ2) is 7.57. The normalized spacial score (nSPS) is 14.6. The SMILES string of the molecule is Cc1cccc(NC(=O)c2cc(C(C)C)nc(N3CCOCC3)n2)n1. The number of ether oxygens (including phenoxy) is 1. The summed E-state index contributed by atoms with van der Waals surface area (Å²) < 4.78 is 5.38. The van der Waals surface area contributed by atoms with Crippen molar-refractivity contribution in [3.05, 3.63) is 41.3 Å². The molecule has 0 atom stereocenters. The van der Waals surface area contributed by atoms with Crippen LogP contribution in [0.15, 0.2) is 24.3 Å². The highest BCUT2D eigenvalue weighted by Gasteiger charge is 2.19. The number of hydrogen-bond acceptors (Lipinski definition) is 6. The minimum absolute atomic E-state index is 0.200. The Hall–Kier alpha value is -2.54. The number of anilines is 2. The Bertz CT molecular complexity index is 757. The molecule has 0 aromatic carbocycles. The minimum atomic E-state index is -0.281. The van der Waals surface area contributed by atoms with E-state index in [4.69, 9.17) is 4.74 Å². The number of nitrogens with one attached hydrogen (secondary N) is 1. The Balaban J connectivity index is 1.88. The van der Waals surface area contributed by atoms with Crippen LogP contribution in [0.3, 0.4) is 0 Å².